The minimum Gasteiger partial charge on any atom is -0.450 e. The Labute approximate surface area is 130 Å². The Morgan fingerprint density at radius 3 is 2.53 bits per heavy atom. The van der Waals surface area contributed by atoms with Gasteiger partial charge in [0.15, 0.2) is 4.67 Å². The first-order valence-electron chi connectivity index (χ1n) is 6.19. The molecule has 2 rings (SSSR count). The zero-order valence-corrected chi connectivity index (χ0v) is 14.0. The molecule has 2 aromatic rings. The number of aliphatic hydroxyl groups excluding tert-OH is 1. The van der Waals surface area contributed by atoms with Gasteiger partial charge in [-0.1, -0.05) is 38.1 Å². The van der Waals surface area contributed by atoms with Crippen LogP contribution in [-0.4, -0.2) is 5.11 Å². The molecule has 102 valence electrons. The maximum absolute atomic E-state index is 10.4. The van der Waals surface area contributed by atoms with Crippen LogP contribution in [0.3, 0.4) is 0 Å². The second kappa shape index (κ2) is 6.25. The molecular weight excluding hydrogens is 372 g/mol. The number of aliphatic hydroxyl groups is 1. The van der Waals surface area contributed by atoms with Crippen molar-refractivity contribution in [1.29, 1.82) is 0 Å². The largest absolute Gasteiger partial charge is 0.450 e. The quantitative estimate of drug-likeness (QED) is 0.792. The van der Waals surface area contributed by atoms with Crippen LogP contribution in [0.4, 0.5) is 0 Å². The van der Waals surface area contributed by atoms with Crippen LogP contribution in [0, 0.1) is 5.92 Å². The number of benzene rings is 1. The average Bonchev–Trinajstić information content (AvgIpc) is 2.68. The van der Waals surface area contributed by atoms with Crippen LogP contribution >= 0.6 is 31.9 Å². The molecule has 0 bridgehead atoms. The lowest BCUT2D eigenvalue weighted by molar-refractivity contribution is 0.187. The van der Waals surface area contributed by atoms with E-state index in [2.05, 4.69) is 51.8 Å². The highest BCUT2D eigenvalue weighted by Crippen LogP contribution is 2.32. The third kappa shape index (κ3) is 3.71. The summed E-state index contributed by atoms with van der Waals surface area (Å²) in [5.74, 6) is 1.12. The summed E-state index contributed by atoms with van der Waals surface area (Å²) in [7, 11) is 0. The van der Waals surface area contributed by atoms with Gasteiger partial charge in [-0.25, -0.2) is 0 Å². The fourth-order valence-electron chi connectivity index (χ4n) is 2.02. The fourth-order valence-corrected chi connectivity index (χ4v) is 2.63. The molecule has 0 amide bonds. The third-order valence-corrected chi connectivity index (χ3v) is 4.55. The monoisotopic (exact) mass is 386 g/mol. The molecule has 0 aliphatic rings. The van der Waals surface area contributed by atoms with Gasteiger partial charge in [0.1, 0.15) is 11.9 Å². The summed E-state index contributed by atoms with van der Waals surface area (Å²) in [5, 5.41) is 10.4. The third-order valence-electron chi connectivity index (χ3n) is 2.84. The summed E-state index contributed by atoms with van der Waals surface area (Å²) in [6, 6.07) is 9.80. The SMILES string of the molecule is CC(C)Cc1cccc(C(O)c2cc(Br)c(Br)o2)c1. The molecule has 0 radical (unpaired) electrons. The van der Waals surface area contributed by atoms with E-state index in [4.69, 9.17) is 4.42 Å². The van der Waals surface area contributed by atoms with E-state index in [0.29, 0.717) is 16.3 Å². The predicted octanol–water partition coefficient (Wildman–Crippen LogP) is 5.08. The zero-order chi connectivity index (χ0) is 14.0. The van der Waals surface area contributed by atoms with Crippen LogP contribution in [0.1, 0.15) is 36.8 Å². The Hall–Kier alpha value is -0.580. The molecule has 1 N–H and O–H groups in total. The smallest absolute Gasteiger partial charge is 0.183 e. The zero-order valence-electron chi connectivity index (χ0n) is 10.9. The molecule has 1 aromatic carbocycles. The summed E-state index contributed by atoms with van der Waals surface area (Å²) in [6.07, 6.45) is 0.265. The van der Waals surface area contributed by atoms with Gasteiger partial charge in [0.2, 0.25) is 0 Å². The van der Waals surface area contributed by atoms with Crippen molar-refractivity contribution in [2.24, 2.45) is 5.92 Å². The van der Waals surface area contributed by atoms with Gasteiger partial charge >= 0.3 is 0 Å². The van der Waals surface area contributed by atoms with Gasteiger partial charge in [-0.15, -0.1) is 0 Å². The number of hydrogen-bond acceptors (Lipinski definition) is 2. The van der Waals surface area contributed by atoms with Crippen molar-refractivity contribution in [3.05, 3.63) is 56.4 Å². The molecule has 4 heteroatoms. The maximum atomic E-state index is 10.4. The standard InChI is InChI=1S/C15H16Br2O2/c1-9(2)6-10-4-3-5-11(7-10)14(18)13-8-12(16)15(17)19-13/h3-5,7-9,14,18H,6H2,1-2H3. The summed E-state index contributed by atoms with van der Waals surface area (Å²) in [6.45, 7) is 4.37. The fraction of sp³-hybridized carbons (Fsp3) is 0.333. The molecule has 0 spiro atoms. The Kier molecular flexibility index (Phi) is 4.87. The maximum Gasteiger partial charge on any atom is 0.183 e. The second-order valence-corrected chi connectivity index (χ2v) is 6.59. The topological polar surface area (TPSA) is 33.4 Å². The average molecular weight is 388 g/mol. The van der Waals surface area contributed by atoms with Gasteiger partial charge < -0.3 is 9.52 Å². The van der Waals surface area contributed by atoms with Crippen molar-refractivity contribution >= 4 is 31.9 Å². The summed E-state index contributed by atoms with van der Waals surface area (Å²) in [5.41, 5.74) is 2.09. The molecule has 1 unspecified atom stereocenters. The van der Waals surface area contributed by atoms with Crippen LogP contribution in [0.15, 0.2) is 43.9 Å². The Bertz CT molecular complexity index is 542. The van der Waals surface area contributed by atoms with E-state index < -0.39 is 6.10 Å². The number of halogens is 2. The molecule has 2 nitrogen and oxygen atoms in total. The van der Waals surface area contributed by atoms with Crippen molar-refractivity contribution in [3.63, 3.8) is 0 Å². The van der Waals surface area contributed by atoms with E-state index >= 15 is 0 Å². The van der Waals surface area contributed by atoms with Gasteiger partial charge in [-0.3, -0.25) is 0 Å². The highest BCUT2D eigenvalue weighted by atomic mass is 79.9. The van der Waals surface area contributed by atoms with Crippen LogP contribution in [0.5, 0.6) is 0 Å². The molecule has 1 aromatic heterocycles. The van der Waals surface area contributed by atoms with Gasteiger partial charge in [0.05, 0.1) is 4.47 Å². The van der Waals surface area contributed by atoms with Gasteiger partial charge in [0.25, 0.3) is 0 Å². The first-order chi connectivity index (χ1) is 8.97. The van der Waals surface area contributed by atoms with E-state index in [0.717, 1.165) is 16.5 Å². The lowest BCUT2D eigenvalue weighted by Crippen LogP contribution is -2.00. The second-order valence-electron chi connectivity index (χ2n) is 5.02. The summed E-state index contributed by atoms with van der Waals surface area (Å²) < 4.78 is 6.87. The Morgan fingerprint density at radius 1 is 1.21 bits per heavy atom. The minimum absolute atomic E-state index is 0.528. The van der Waals surface area contributed by atoms with Crippen LogP contribution in [0.2, 0.25) is 0 Å². The summed E-state index contributed by atoms with van der Waals surface area (Å²) in [4.78, 5) is 0. The molecule has 1 heterocycles. The molecule has 0 aliphatic heterocycles. The normalized spacial score (nSPS) is 12.9. The lowest BCUT2D eigenvalue weighted by atomic mass is 9.98. The Balaban J connectivity index is 2.25. The van der Waals surface area contributed by atoms with Crippen molar-refractivity contribution in [2.45, 2.75) is 26.4 Å². The molecule has 0 aliphatic carbocycles. The minimum atomic E-state index is -0.741. The highest BCUT2D eigenvalue weighted by molar-refractivity contribution is 9.13. The molecule has 0 saturated carbocycles. The van der Waals surface area contributed by atoms with Gasteiger partial charge in [-0.2, -0.15) is 0 Å². The van der Waals surface area contributed by atoms with Crippen molar-refractivity contribution in [1.82, 2.24) is 0 Å². The first kappa shape index (κ1) is 14.8. The van der Waals surface area contributed by atoms with Crippen LogP contribution in [-0.2, 0) is 6.42 Å². The molecule has 0 fully saturated rings. The summed E-state index contributed by atoms with van der Waals surface area (Å²) >= 11 is 6.63. The number of rotatable bonds is 4. The van der Waals surface area contributed by atoms with Crippen molar-refractivity contribution < 1.29 is 9.52 Å². The van der Waals surface area contributed by atoms with Crippen LogP contribution in [0.25, 0.3) is 0 Å². The van der Waals surface area contributed by atoms with E-state index in [1.807, 2.05) is 18.2 Å². The molecule has 19 heavy (non-hydrogen) atoms. The van der Waals surface area contributed by atoms with E-state index in [9.17, 15) is 5.11 Å². The highest BCUT2D eigenvalue weighted by Gasteiger charge is 2.17. The van der Waals surface area contributed by atoms with E-state index in [1.54, 1.807) is 6.07 Å². The van der Waals surface area contributed by atoms with Gasteiger partial charge in [0, 0.05) is 0 Å². The molecular formula is C15H16Br2O2. The lowest BCUT2D eigenvalue weighted by Gasteiger charge is -2.11. The number of furan rings is 1. The van der Waals surface area contributed by atoms with E-state index in [1.165, 1.54) is 5.56 Å². The first-order valence-corrected chi connectivity index (χ1v) is 7.77. The Morgan fingerprint density at radius 2 is 1.95 bits per heavy atom. The molecule has 1 atom stereocenters. The van der Waals surface area contributed by atoms with Crippen molar-refractivity contribution in [2.75, 3.05) is 0 Å². The van der Waals surface area contributed by atoms with Crippen LogP contribution < -0.4 is 0 Å². The van der Waals surface area contributed by atoms with Crippen molar-refractivity contribution in [3.8, 4) is 0 Å². The molecule has 0 saturated heterocycles. The van der Waals surface area contributed by atoms with E-state index in [-0.39, 0.29) is 0 Å². The predicted molar refractivity (Wildman–Crippen MR) is 83.2 cm³/mol. The van der Waals surface area contributed by atoms with Gasteiger partial charge in [-0.05, 0) is 61.4 Å². The number of hydrogen-bond donors (Lipinski definition) is 1.